The zero-order valence-corrected chi connectivity index (χ0v) is 18.3. The Hall–Kier alpha value is -1.70. The van der Waals surface area contributed by atoms with Gasteiger partial charge in [-0.05, 0) is 52.7 Å². The SMILES string of the molecule is COC(=S)c1c(C(F)(F)F)nc(C(F)F)c(C(=O)n2cc(I)cn2)c1CC(C)C. The molecule has 0 amide bonds. The molecule has 0 radical (unpaired) electrons. The number of carbonyl (C=O) groups excluding carboxylic acids is 1. The zero-order chi connectivity index (χ0) is 22.1. The average Bonchev–Trinajstić information content (AvgIpc) is 3.04. The second-order valence-corrected chi connectivity index (χ2v) is 7.99. The highest BCUT2D eigenvalue weighted by Gasteiger charge is 2.42. The molecule has 2 aromatic rings. The highest BCUT2D eigenvalue weighted by Crippen LogP contribution is 2.38. The van der Waals surface area contributed by atoms with Crippen molar-refractivity contribution in [3.63, 3.8) is 0 Å². The van der Waals surface area contributed by atoms with Gasteiger partial charge in [0.2, 0.25) is 0 Å². The molecule has 0 saturated carbocycles. The second kappa shape index (κ2) is 8.98. The van der Waals surface area contributed by atoms with Crippen molar-refractivity contribution in [2.24, 2.45) is 5.92 Å². The van der Waals surface area contributed by atoms with E-state index in [0.717, 1.165) is 11.8 Å². The van der Waals surface area contributed by atoms with Crippen LogP contribution in [0, 0.1) is 9.49 Å². The Morgan fingerprint density at radius 1 is 1.31 bits per heavy atom. The number of methoxy groups -OCH3 is 1. The van der Waals surface area contributed by atoms with Crippen molar-refractivity contribution in [2.75, 3.05) is 7.11 Å². The molecule has 0 aliphatic rings. The van der Waals surface area contributed by atoms with Gasteiger partial charge in [-0.3, -0.25) is 4.79 Å². The van der Waals surface area contributed by atoms with E-state index < -0.39 is 46.1 Å². The summed E-state index contributed by atoms with van der Waals surface area (Å²) in [5.41, 5.74) is -4.51. The van der Waals surface area contributed by atoms with E-state index >= 15 is 0 Å². The van der Waals surface area contributed by atoms with Crippen molar-refractivity contribution in [1.82, 2.24) is 14.8 Å². The predicted octanol–water partition coefficient (Wildman–Crippen LogP) is 5.05. The fraction of sp³-hybridized carbons (Fsp3) is 0.412. The van der Waals surface area contributed by atoms with Gasteiger partial charge in [0, 0.05) is 6.20 Å². The number of hydrogen-bond donors (Lipinski definition) is 0. The molecule has 0 N–H and O–H groups in total. The number of thiocarbonyl (C=S) groups is 1. The molecular weight excluding hydrogens is 532 g/mol. The molecule has 2 aromatic heterocycles. The van der Waals surface area contributed by atoms with Crippen LogP contribution in [0.2, 0.25) is 0 Å². The van der Waals surface area contributed by atoms with E-state index in [1.165, 1.54) is 12.4 Å². The van der Waals surface area contributed by atoms with Crippen molar-refractivity contribution in [3.8, 4) is 0 Å². The van der Waals surface area contributed by atoms with E-state index in [-0.39, 0.29) is 17.9 Å². The van der Waals surface area contributed by atoms with Crippen molar-refractivity contribution >= 4 is 45.8 Å². The smallest absolute Gasteiger partial charge is 0.434 e. The molecule has 0 atom stereocenters. The number of alkyl halides is 5. The van der Waals surface area contributed by atoms with Crippen molar-refractivity contribution in [3.05, 3.63) is 44.0 Å². The van der Waals surface area contributed by atoms with Crippen LogP contribution in [0.3, 0.4) is 0 Å². The first-order valence-corrected chi connectivity index (χ1v) is 9.62. The van der Waals surface area contributed by atoms with Gasteiger partial charge in [-0.15, -0.1) is 0 Å². The summed E-state index contributed by atoms with van der Waals surface area (Å²) < 4.78 is 74.5. The highest BCUT2D eigenvalue weighted by molar-refractivity contribution is 14.1. The van der Waals surface area contributed by atoms with Crippen LogP contribution < -0.4 is 0 Å². The van der Waals surface area contributed by atoms with E-state index in [1.54, 1.807) is 13.8 Å². The maximum Gasteiger partial charge on any atom is 0.434 e. The second-order valence-electron chi connectivity index (χ2n) is 6.37. The number of pyridine rings is 1. The third-order valence-electron chi connectivity index (χ3n) is 3.78. The number of halogens is 6. The van der Waals surface area contributed by atoms with Crippen molar-refractivity contribution in [2.45, 2.75) is 32.9 Å². The summed E-state index contributed by atoms with van der Waals surface area (Å²) in [5.74, 6) is -1.31. The molecule has 0 unspecified atom stereocenters. The minimum atomic E-state index is -5.09. The number of rotatable bonds is 5. The molecule has 29 heavy (non-hydrogen) atoms. The van der Waals surface area contributed by atoms with E-state index in [1.807, 2.05) is 22.6 Å². The largest absolute Gasteiger partial charge is 0.486 e. The number of nitrogens with zero attached hydrogens (tertiary/aromatic N) is 3. The first-order chi connectivity index (χ1) is 13.4. The van der Waals surface area contributed by atoms with Crippen LogP contribution in [0.4, 0.5) is 22.0 Å². The normalized spacial score (nSPS) is 12.0. The number of hydrogen-bond acceptors (Lipinski definition) is 5. The topological polar surface area (TPSA) is 57.0 Å². The van der Waals surface area contributed by atoms with Gasteiger partial charge in [-0.1, -0.05) is 13.8 Å². The number of aromatic nitrogens is 3. The average molecular weight is 547 g/mol. The summed E-state index contributed by atoms with van der Waals surface area (Å²) in [6.45, 7) is 3.33. The molecule has 0 saturated heterocycles. The molecule has 2 heterocycles. The Kier molecular flexibility index (Phi) is 7.30. The Bertz CT molecular complexity index is 944. The van der Waals surface area contributed by atoms with Gasteiger partial charge < -0.3 is 4.74 Å². The third kappa shape index (κ3) is 5.08. The molecule has 0 bridgehead atoms. The van der Waals surface area contributed by atoms with E-state index in [9.17, 15) is 26.7 Å². The van der Waals surface area contributed by atoms with Gasteiger partial charge in [-0.25, -0.2) is 18.4 Å². The molecule has 158 valence electrons. The van der Waals surface area contributed by atoms with Gasteiger partial charge in [-0.2, -0.15) is 18.3 Å². The lowest BCUT2D eigenvalue weighted by Gasteiger charge is -2.22. The fourth-order valence-electron chi connectivity index (χ4n) is 2.72. The molecule has 0 fully saturated rings. The van der Waals surface area contributed by atoms with E-state index in [2.05, 4.69) is 10.1 Å². The van der Waals surface area contributed by atoms with Crippen LogP contribution in [0.25, 0.3) is 0 Å². The van der Waals surface area contributed by atoms with Gasteiger partial charge in [0.15, 0.2) is 10.7 Å². The monoisotopic (exact) mass is 547 g/mol. The lowest BCUT2D eigenvalue weighted by atomic mass is 9.90. The molecule has 5 nitrogen and oxygen atoms in total. The van der Waals surface area contributed by atoms with Crippen LogP contribution in [0.1, 0.15) is 53.1 Å². The summed E-state index contributed by atoms with van der Waals surface area (Å²) >= 11 is 6.76. The molecular formula is C17H15F5IN3O2S. The molecule has 0 spiro atoms. The van der Waals surface area contributed by atoms with Crippen molar-refractivity contribution < 1.29 is 31.5 Å². The quantitative estimate of drug-likeness (QED) is 0.298. The van der Waals surface area contributed by atoms with Crippen LogP contribution in [-0.2, 0) is 17.3 Å². The minimum Gasteiger partial charge on any atom is -0.486 e. The van der Waals surface area contributed by atoms with Crippen LogP contribution >= 0.6 is 34.8 Å². The Labute approximate surface area is 181 Å². The molecule has 0 aliphatic heterocycles. The molecule has 0 aliphatic carbocycles. The number of ether oxygens (including phenoxy) is 1. The summed E-state index contributed by atoms with van der Waals surface area (Å²) in [5, 5.41) is 3.19. The zero-order valence-electron chi connectivity index (χ0n) is 15.4. The highest BCUT2D eigenvalue weighted by atomic mass is 127. The molecule has 2 rings (SSSR count). The van der Waals surface area contributed by atoms with Crippen LogP contribution in [0.15, 0.2) is 12.4 Å². The van der Waals surface area contributed by atoms with Gasteiger partial charge in [0.05, 0.1) is 28.0 Å². The van der Waals surface area contributed by atoms with Crippen molar-refractivity contribution in [1.29, 1.82) is 0 Å². The summed E-state index contributed by atoms with van der Waals surface area (Å²) in [7, 11) is 1.06. The van der Waals surface area contributed by atoms with Crippen LogP contribution in [-0.4, -0.2) is 32.8 Å². The Morgan fingerprint density at radius 3 is 2.34 bits per heavy atom. The van der Waals surface area contributed by atoms with E-state index in [0.29, 0.717) is 3.57 Å². The lowest BCUT2D eigenvalue weighted by molar-refractivity contribution is -0.141. The molecule has 0 aromatic carbocycles. The Morgan fingerprint density at radius 2 is 1.93 bits per heavy atom. The van der Waals surface area contributed by atoms with Crippen LogP contribution in [0.5, 0.6) is 0 Å². The fourth-order valence-corrected chi connectivity index (χ4v) is 3.33. The first kappa shape index (κ1) is 23.6. The first-order valence-electron chi connectivity index (χ1n) is 8.13. The van der Waals surface area contributed by atoms with E-state index in [4.69, 9.17) is 17.0 Å². The van der Waals surface area contributed by atoms with Gasteiger partial charge in [0.25, 0.3) is 12.3 Å². The standard InChI is InChI=1S/C17H15F5IN3O2S/c1-7(2)4-9-10(15(27)26-6-8(23)5-24-26)12(14(18)19)25-13(17(20,21)22)11(9)16(29)28-3/h5-7,14H,4H2,1-3H3. The lowest BCUT2D eigenvalue weighted by Crippen LogP contribution is -2.27. The minimum absolute atomic E-state index is 0.135. The maximum absolute atomic E-state index is 13.7. The summed E-state index contributed by atoms with van der Waals surface area (Å²) in [6, 6.07) is 0. The predicted molar refractivity (Wildman–Crippen MR) is 106 cm³/mol. The molecule has 12 heteroatoms. The number of carbonyl (C=O) groups is 1. The summed E-state index contributed by atoms with van der Waals surface area (Å²) in [4.78, 5) is 16.1. The van der Waals surface area contributed by atoms with Gasteiger partial charge >= 0.3 is 6.18 Å². The third-order valence-corrected chi connectivity index (χ3v) is 4.71. The summed E-state index contributed by atoms with van der Waals surface area (Å²) in [6.07, 6.45) is -6.08. The maximum atomic E-state index is 13.7. The van der Waals surface area contributed by atoms with Gasteiger partial charge in [0.1, 0.15) is 5.69 Å². The Balaban J connectivity index is 2.99.